The number of fused-ring (bicyclic) bond motifs is 4. The largest absolute Gasteiger partial charge is 0.451 e. The first-order chi connectivity index (χ1) is 15.3. The summed E-state index contributed by atoms with van der Waals surface area (Å²) in [6.07, 6.45) is 6.46. The van der Waals surface area contributed by atoms with Crippen LogP contribution in [0.5, 0.6) is 0 Å². The number of halogens is 3. The first-order valence-corrected chi connectivity index (χ1v) is 11.1. The van der Waals surface area contributed by atoms with Gasteiger partial charge in [-0.1, -0.05) is 55.0 Å². The molecule has 2 aliphatic carbocycles. The summed E-state index contributed by atoms with van der Waals surface area (Å²) in [5.74, 6) is -0.303. The van der Waals surface area contributed by atoms with Gasteiger partial charge in [0.25, 0.3) is 0 Å². The second-order valence-corrected chi connectivity index (χ2v) is 9.09. The summed E-state index contributed by atoms with van der Waals surface area (Å²) in [5.41, 5.74) is 4.76. The number of benzene rings is 2. The Balaban J connectivity index is 1.57. The molecule has 2 unspecified atom stereocenters. The van der Waals surface area contributed by atoms with E-state index < -0.39 is 12.0 Å². The van der Waals surface area contributed by atoms with Crippen molar-refractivity contribution in [1.82, 2.24) is 9.97 Å². The minimum absolute atomic E-state index is 0.207. The molecule has 32 heavy (non-hydrogen) atoms. The molecule has 1 aromatic heterocycles. The molecule has 0 N–H and O–H groups in total. The van der Waals surface area contributed by atoms with Gasteiger partial charge in [0.2, 0.25) is 5.82 Å². The van der Waals surface area contributed by atoms with Crippen LogP contribution in [0, 0.1) is 23.3 Å². The molecule has 0 amide bonds. The Kier molecular flexibility index (Phi) is 5.15. The third kappa shape index (κ3) is 3.85. The highest BCUT2D eigenvalue weighted by Gasteiger charge is 2.34. The maximum atomic E-state index is 12.8. The van der Waals surface area contributed by atoms with Crippen LogP contribution in [0.1, 0.15) is 53.8 Å². The van der Waals surface area contributed by atoms with E-state index in [1.54, 1.807) is 0 Å². The number of hydrogen-bond donors (Lipinski definition) is 0. The molecule has 0 bridgehead atoms. The summed E-state index contributed by atoms with van der Waals surface area (Å²) in [6.45, 7) is 4.36. The molecule has 1 heterocycles. The van der Waals surface area contributed by atoms with Crippen LogP contribution in [0.3, 0.4) is 0 Å². The summed E-state index contributed by atoms with van der Waals surface area (Å²) >= 11 is 0. The van der Waals surface area contributed by atoms with Gasteiger partial charge in [-0.25, -0.2) is 9.97 Å². The molecule has 5 heteroatoms. The zero-order valence-corrected chi connectivity index (χ0v) is 18.2. The van der Waals surface area contributed by atoms with Crippen LogP contribution in [-0.2, 0) is 19.0 Å². The molecule has 0 fully saturated rings. The Bertz CT molecular complexity index is 1390. The molecule has 0 saturated heterocycles. The van der Waals surface area contributed by atoms with Crippen LogP contribution in [0.2, 0.25) is 0 Å². The first kappa shape index (κ1) is 20.9. The van der Waals surface area contributed by atoms with Crippen molar-refractivity contribution in [2.45, 2.75) is 51.6 Å². The highest BCUT2D eigenvalue weighted by Crippen LogP contribution is 2.31. The monoisotopic (exact) mass is 434 g/mol. The first-order valence-electron chi connectivity index (χ1n) is 11.1. The van der Waals surface area contributed by atoms with Gasteiger partial charge < -0.3 is 0 Å². The number of hydrogen-bond acceptors (Lipinski definition) is 2. The van der Waals surface area contributed by atoms with Gasteiger partial charge in [0.15, 0.2) is 0 Å². The van der Waals surface area contributed by atoms with Crippen molar-refractivity contribution >= 4 is 12.2 Å². The number of aromatic nitrogens is 2. The van der Waals surface area contributed by atoms with Crippen LogP contribution in [0.15, 0.2) is 42.7 Å². The summed E-state index contributed by atoms with van der Waals surface area (Å²) in [4.78, 5) is 7.07. The van der Waals surface area contributed by atoms with Crippen molar-refractivity contribution in [1.29, 1.82) is 0 Å². The molecule has 0 spiro atoms. The van der Waals surface area contributed by atoms with Gasteiger partial charge in [-0.3, -0.25) is 0 Å². The Hall–Kier alpha value is -2.95. The fraction of sp³-hybridized carbons (Fsp3) is 0.333. The summed E-state index contributed by atoms with van der Waals surface area (Å²) in [5, 5.41) is 5.12. The zero-order valence-electron chi connectivity index (χ0n) is 18.2. The molecule has 2 aliphatic rings. The smallest absolute Gasteiger partial charge is 0.233 e. The predicted octanol–water partition coefficient (Wildman–Crippen LogP) is 4.96. The molecule has 0 radical (unpaired) electrons. The van der Waals surface area contributed by atoms with Crippen molar-refractivity contribution in [3.05, 3.63) is 91.7 Å². The van der Waals surface area contributed by atoms with Gasteiger partial charge in [-0.2, -0.15) is 13.2 Å². The van der Waals surface area contributed by atoms with E-state index in [0.717, 1.165) is 24.8 Å². The highest BCUT2D eigenvalue weighted by molar-refractivity contribution is 5.52. The predicted molar refractivity (Wildman–Crippen MR) is 119 cm³/mol. The Labute approximate surface area is 184 Å². The fourth-order valence-corrected chi connectivity index (χ4v) is 5.08. The topological polar surface area (TPSA) is 25.8 Å². The standard InChI is InChI=1S/C27H25F3N2/c1-16-4-9-23-19(11-16)7-10-24-22-8-3-17(2)12-21(22)13-20(25(23)24)6-5-18-14-31-26(32-15-18)27(28,29)30/h3,7-8,10-16,20H,4-6,9H2,1-2H3. The maximum absolute atomic E-state index is 12.8. The lowest BCUT2D eigenvalue weighted by Crippen LogP contribution is -2.24. The summed E-state index contributed by atoms with van der Waals surface area (Å²) < 4.78 is 38.4. The lowest BCUT2D eigenvalue weighted by Gasteiger charge is -2.25. The Morgan fingerprint density at radius 3 is 2.47 bits per heavy atom. The Morgan fingerprint density at radius 1 is 0.969 bits per heavy atom. The van der Waals surface area contributed by atoms with Gasteiger partial charge in [-0.15, -0.1) is 0 Å². The van der Waals surface area contributed by atoms with Crippen molar-refractivity contribution < 1.29 is 13.2 Å². The maximum Gasteiger partial charge on any atom is 0.451 e. The van der Waals surface area contributed by atoms with E-state index in [0.29, 0.717) is 12.3 Å². The van der Waals surface area contributed by atoms with Gasteiger partial charge in [0, 0.05) is 18.3 Å². The number of aryl methyl sites for hydroxylation is 2. The lowest BCUT2D eigenvalue weighted by atomic mass is 9.79. The third-order valence-corrected chi connectivity index (χ3v) is 6.66. The van der Waals surface area contributed by atoms with E-state index in [1.165, 1.54) is 50.0 Å². The van der Waals surface area contributed by atoms with Gasteiger partial charge in [0.1, 0.15) is 0 Å². The fourth-order valence-electron chi connectivity index (χ4n) is 5.08. The SMILES string of the molecule is Cc1ccc2c(c1)=CC(CCc1cnc(C(F)(F)F)nc1)c1c3c(ccc1=2)=CC(C)CC3. The summed E-state index contributed by atoms with van der Waals surface area (Å²) in [6, 6.07) is 11.1. The van der Waals surface area contributed by atoms with Crippen LogP contribution in [0.4, 0.5) is 13.2 Å². The van der Waals surface area contributed by atoms with Crippen molar-refractivity contribution in [2.24, 2.45) is 5.92 Å². The van der Waals surface area contributed by atoms with Crippen molar-refractivity contribution in [3.63, 3.8) is 0 Å². The highest BCUT2D eigenvalue weighted by atomic mass is 19.4. The zero-order chi connectivity index (χ0) is 22.5. The molecular formula is C27H25F3N2. The van der Waals surface area contributed by atoms with Crippen molar-refractivity contribution in [2.75, 3.05) is 0 Å². The van der Waals surface area contributed by atoms with E-state index in [9.17, 15) is 13.2 Å². The van der Waals surface area contributed by atoms with Gasteiger partial charge >= 0.3 is 6.18 Å². The van der Waals surface area contributed by atoms with Gasteiger partial charge in [-0.05, 0) is 76.1 Å². The molecule has 5 rings (SSSR count). The lowest BCUT2D eigenvalue weighted by molar-refractivity contribution is -0.145. The average molecular weight is 435 g/mol. The second-order valence-electron chi connectivity index (χ2n) is 9.09. The minimum atomic E-state index is -4.51. The molecular weight excluding hydrogens is 409 g/mol. The van der Waals surface area contributed by atoms with E-state index >= 15 is 0 Å². The molecule has 2 atom stereocenters. The molecule has 2 aromatic carbocycles. The normalized spacial score (nSPS) is 19.3. The van der Waals surface area contributed by atoms with Crippen LogP contribution < -0.4 is 10.4 Å². The molecule has 0 saturated carbocycles. The third-order valence-electron chi connectivity index (χ3n) is 6.66. The van der Waals surface area contributed by atoms with Crippen LogP contribution in [-0.4, -0.2) is 9.97 Å². The van der Waals surface area contributed by atoms with Gasteiger partial charge in [0.05, 0.1) is 0 Å². The number of rotatable bonds is 3. The van der Waals surface area contributed by atoms with E-state index in [4.69, 9.17) is 0 Å². The van der Waals surface area contributed by atoms with Crippen molar-refractivity contribution in [3.8, 4) is 0 Å². The Morgan fingerprint density at radius 2 is 1.72 bits per heavy atom. The van der Waals surface area contributed by atoms with E-state index in [2.05, 4.69) is 66.3 Å². The average Bonchev–Trinajstić information content (AvgIpc) is 2.76. The van der Waals surface area contributed by atoms with E-state index in [1.807, 2.05) is 0 Å². The van der Waals surface area contributed by atoms with Crippen LogP contribution in [0.25, 0.3) is 12.2 Å². The quantitative estimate of drug-likeness (QED) is 0.582. The number of nitrogens with zero attached hydrogens (tertiary/aromatic N) is 2. The summed E-state index contributed by atoms with van der Waals surface area (Å²) in [7, 11) is 0. The number of alkyl halides is 3. The molecule has 3 aromatic rings. The van der Waals surface area contributed by atoms with Crippen LogP contribution >= 0.6 is 0 Å². The molecule has 164 valence electrons. The molecule has 2 nitrogen and oxygen atoms in total. The molecule has 0 aliphatic heterocycles. The van der Waals surface area contributed by atoms with E-state index in [-0.39, 0.29) is 5.92 Å². The second kappa shape index (κ2) is 7.88. The minimum Gasteiger partial charge on any atom is -0.233 e.